The zero-order chi connectivity index (χ0) is 9.42. The van der Waals surface area contributed by atoms with E-state index in [0.29, 0.717) is 11.5 Å². The fraction of sp³-hybridized carbons (Fsp3) is 0.444. The van der Waals surface area contributed by atoms with Gasteiger partial charge in [0.05, 0.1) is 5.69 Å². The van der Waals surface area contributed by atoms with Crippen LogP contribution in [-0.4, -0.2) is 4.98 Å². The highest BCUT2D eigenvalue weighted by Crippen LogP contribution is 2.38. The number of nitrogens with two attached hydrogens (primary N) is 2. The third-order valence-corrected chi connectivity index (χ3v) is 2.49. The maximum Gasteiger partial charge on any atom is 0.209 e. The van der Waals surface area contributed by atoms with E-state index in [1.807, 2.05) is 0 Å². The number of aromatic nitrogens is 1. The van der Waals surface area contributed by atoms with Crippen LogP contribution in [0.5, 0.6) is 0 Å². The lowest BCUT2D eigenvalue weighted by atomic mass is 10.1. The Morgan fingerprint density at radius 1 is 1.46 bits per heavy atom. The molecule has 0 spiro atoms. The third-order valence-electron chi connectivity index (χ3n) is 2.49. The lowest BCUT2D eigenvalue weighted by molar-refractivity contribution is 0.627. The summed E-state index contributed by atoms with van der Waals surface area (Å²) in [4.78, 5) is 14.3. The van der Waals surface area contributed by atoms with Crippen LogP contribution in [0.15, 0.2) is 17.2 Å². The topological polar surface area (TPSA) is 84.9 Å². The van der Waals surface area contributed by atoms with Gasteiger partial charge in [0.15, 0.2) is 0 Å². The number of nitrogen functional groups attached to an aromatic ring is 1. The van der Waals surface area contributed by atoms with E-state index in [9.17, 15) is 4.79 Å². The van der Waals surface area contributed by atoms with Crippen LogP contribution in [0.2, 0.25) is 0 Å². The van der Waals surface area contributed by atoms with Crippen LogP contribution in [0, 0.1) is 5.92 Å². The molecular formula is C9H13N3O. The smallest absolute Gasteiger partial charge is 0.209 e. The second kappa shape index (κ2) is 2.88. The van der Waals surface area contributed by atoms with Gasteiger partial charge in [-0.2, -0.15) is 0 Å². The van der Waals surface area contributed by atoms with E-state index in [4.69, 9.17) is 11.5 Å². The normalized spacial score (nSPS) is 18.5. The van der Waals surface area contributed by atoms with Crippen molar-refractivity contribution in [2.24, 2.45) is 11.7 Å². The van der Waals surface area contributed by atoms with Gasteiger partial charge in [0, 0.05) is 24.0 Å². The third kappa shape index (κ3) is 1.45. The Bertz CT molecular complexity index is 367. The minimum Gasteiger partial charge on any atom is -0.394 e. The molecule has 1 heterocycles. The van der Waals surface area contributed by atoms with Gasteiger partial charge >= 0.3 is 0 Å². The van der Waals surface area contributed by atoms with Gasteiger partial charge in [-0.3, -0.25) is 4.79 Å². The van der Waals surface area contributed by atoms with E-state index in [2.05, 4.69) is 4.98 Å². The molecule has 2 rings (SSSR count). The average molecular weight is 179 g/mol. The highest BCUT2D eigenvalue weighted by molar-refractivity contribution is 5.38. The van der Waals surface area contributed by atoms with Crippen LogP contribution < -0.4 is 16.9 Å². The maximum absolute atomic E-state index is 11.5. The number of hydrogen-bond acceptors (Lipinski definition) is 3. The second-order valence-electron chi connectivity index (χ2n) is 3.56. The van der Waals surface area contributed by atoms with Gasteiger partial charge in [-0.25, -0.2) is 0 Å². The maximum atomic E-state index is 11.5. The molecule has 1 atom stereocenters. The molecule has 1 saturated carbocycles. The van der Waals surface area contributed by atoms with E-state index >= 15 is 0 Å². The molecule has 1 fully saturated rings. The van der Waals surface area contributed by atoms with Gasteiger partial charge in [0.1, 0.15) is 0 Å². The molecule has 0 aromatic carbocycles. The minimum atomic E-state index is -0.146. The average Bonchev–Trinajstić information content (AvgIpc) is 2.91. The summed E-state index contributed by atoms with van der Waals surface area (Å²) >= 11 is 0. The number of hydrogen-bond donors (Lipinski definition) is 3. The van der Waals surface area contributed by atoms with Crippen molar-refractivity contribution in [1.82, 2.24) is 4.98 Å². The summed E-state index contributed by atoms with van der Waals surface area (Å²) < 4.78 is 0. The van der Waals surface area contributed by atoms with Gasteiger partial charge in [-0.1, -0.05) is 0 Å². The molecule has 4 nitrogen and oxygen atoms in total. The van der Waals surface area contributed by atoms with Crippen molar-refractivity contribution in [3.05, 3.63) is 28.2 Å². The first kappa shape index (κ1) is 8.31. The molecule has 0 radical (unpaired) electrons. The quantitative estimate of drug-likeness (QED) is 0.613. The zero-order valence-electron chi connectivity index (χ0n) is 7.29. The van der Waals surface area contributed by atoms with Gasteiger partial charge in [-0.05, 0) is 18.8 Å². The van der Waals surface area contributed by atoms with Gasteiger partial charge in [0.2, 0.25) is 5.43 Å². The molecule has 1 aromatic heterocycles. The van der Waals surface area contributed by atoms with Gasteiger partial charge < -0.3 is 16.5 Å². The molecule has 5 N–H and O–H groups in total. The molecule has 0 bridgehead atoms. The fourth-order valence-corrected chi connectivity index (χ4v) is 1.48. The first-order valence-corrected chi connectivity index (χ1v) is 4.42. The molecule has 1 aromatic rings. The fourth-order valence-electron chi connectivity index (χ4n) is 1.48. The number of pyridine rings is 1. The molecule has 70 valence electrons. The van der Waals surface area contributed by atoms with Crippen molar-refractivity contribution in [3.8, 4) is 0 Å². The summed E-state index contributed by atoms with van der Waals surface area (Å²) in [6.07, 6.45) is 5.39. The summed E-state index contributed by atoms with van der Waals surface area (Å²) in [6, 6.07) is -0.146. The zero-order valence-corrected chi connectivity index (χ0v) is 7.29. The summed E-state index contributed by atoms with van der Waals surface area (Å²) in [5.74, 6) is 0.475. The van der Waals surface area contributed by atoms with E-state index in [1.54, 1.807) is 6.20 Å². The number of aromatic amines is 1. The summed E-state index contributed by atoms with van der Waals surface area (Å²) in [7, 11) is 0. The van der Waals surface area contributed by atoms with Crippen LogP contribution in [0.4, 0.5) is 5.69 Å². The Kier molecular flexibility index (Phi) is 1.84. The Balaban J connectivity index is 2.38. The van der Waals surface area contributed by atoms with Crippen LogP contribution in [0.25, 0.3) is 0 Å². The standard InChI is InChI=1S/C9H13N3O/c10-7-4-12-3-6(9(7)13)8(11)5-1-2-5/h3-5,8H,1-2,10-11H2,(H,12,13)/t8-/m1/s1. The number of nitrogens with one attached hydrogen (secondary N) is 1. The Morgan fingerprint density at radius 2 is 2.15 bits per heavy atom. The largest absolute Gasteiger partial charge is 0.394 e. The Morgan fingerprint density at radius 3 is 2.77 bits per heavy atom. The van der Waals surface area contributed by atoms with Crippen molar-refractivity contribution in [1.29, 1.82) is 0 Å². The van der Waals surface area contributed by atoms with Crippen molar-refractivity contribution in [3.63, 3.8) is 0 Å². The summed E-state index contributed by atoms with van der Waals surface area (Å²) in [5.41, 5.74) is 12.1. The van der Waals surface area contributed by atoms with Crippen molar-refractivity contribution < 1.29 is 0 Å². The van der Waals surface area contributed by atoms with E-state index in [-0.39, 0.29) is 17.2 Å². The van der Waals surface area contributed by atoms with Gasteiger partial charge in [-0.15, -0.1) is 0 Å². The van der Waals surface area contributed by atoms with E-state index < -0.39 is 0 Å². The summed E-state index contributed by atoms with van der Waals surface area (Å²) in [5, 5.41) is 0. The molecule has 1 aliphatic rings. The molecule has 0 aliphatic heterocycles. The lowest BCUT2D eigenvalue weighted by Crippen LogP contribution is -2.23. The minimum absolute atomic E-state index is 0.127. The van der Waals surface area contributed by atoms with Crippen LogP contribution in [0.1, 0.15) is 24.4 Å². The summed E-state index contributed by atoms with van der Waals surface area (Å²) in [6.45, 7) is 0. The molecular weight excluding hydrogens is 166 g/mol. The molecule has 0 amide bonds. The first-order chi connectivity index (χ1) is 6.20. The monoisotopic (exact) mass is 179 g/mol. The SMILES string of the molecule is Nc1c[nH]cc([C@H](N)C2CC2)c1=O. The van der Waals surface area contributed by atoms with Gasteiger partial charge in [0.25, 0.3) is 0 Å². The lowest BCUT2D eigenvalue weighted by Gasteiger charge is -2.09. The molecule has 1 aliphatic carbocycles. The number of rotatable bonds is 2. The number of H-pyrrole nitrogens is 1. The van der Waals surface area contributed by atoms with Crippen LogP contribution >= 0.6 is 0 Å². The van der Waals surface area contributed by atoms with Crippen LogP contribution in [-0.2, 0) is 0 Å². The second-order valence-corrected chi connectivity index (χ2v) is 3.56. The van der Waals surface area contributed by atoms with Crippen LogP contribution in [0.3, 0.4) is 0 Å². The molecule has 13 heavy (non-hydrogen) atoms. The van der Waals surface area contributed by atoms with E-state index in [1.165, 1.54) is 6.20 Å². The van der Waals surface area contributed by atoms with Crippen molar-refractivity contribution in [2.45, 2.75) is 18.9 Å². The van der Waals surface area contributed by atoms with Crippen molar-refractivity contribution >= 4 is 5.69 Å². The highest BCUT2D eigenvalue weighted by Gasteiger charge is 2.31. The molecule has 4 heteroatoms. The predicted molar refractivity (Wildman–Crippen MR) is 51.1 cm³/mol. The highest BCUT2D eigenvalue weighted by atomic mass is 16.1. The van der Waals surface area contributed by atoms with Crippen molar-refractivity contribution in [2.75, 3.05) is 5.73 Å². The molecule has 0 unspecified atom stereocenters. The Labute approximate surface area is 75.9 Å². The molecule has 0 saturated heterocycles. The number of anilines is 1. The Hall–Kier alpha value is -1.29. The van der Waals surface area contributed by atoms with E-state index in [0.717, 1.165) is 12.8 Å². The predicted octanol–water partition coefficient (Wildman–Crippen LogP) is 0.367. The first-order valence-electron chi connectivity index (χ1n) is 4.42.